The average Bonchev–Trinajstić information content (AvgIpc) is 3.41. The third kappa shape index (κ3) is 5.81. The highest BCUT2D eigenvalue weighted by Crippen LogP contribution is 2.40. The molecule has 0 unspecified atom stereocenters. The molecule has 4 aromatic rings. The van der Waals surface area contributed by atoms with Gasteiger partial charge in [0.15, 0.2) is 0 Å². The molecule has 1 aliphatic heterocycles. The molecule has 1 aliphatic rings. The van der Waals surface area contributed by atoms with Crippen LogP contribution in [0.3, 0.4) is 0 Å². The summed E-state index contributed by atoms with van der Waals surface area (Å²) >= 11 is 3.51. The average molecular weight is 593 g/mol. The van der Waals surface area contributed by atoms with Gasteiger partial charge >= 0.3 is 0 Å². The van der Waals surface area contributed by atoms with Crippen LogP contribution in [-0.4, -0.2) is 66.1 Å². The van der Waals surface area contributed by atoms with Crippen molar-refractivity contribution in [3.05, 3.63) is 65.0 Å². The molecule has 39 heavy (non-hydrogen) atoms. The second kappa shape index (κ2) is 11.7. The summed E-state index contributed by atoms with van der Waals surface area (Å²) in [6, 6.07) is 11.3. The third-order valence-electron chi connectivity index (χ3n) is 6.33. The predicted octanol–water partition coefficient (Wildman–Crippen LogP) is 4.33. The number of hydrogen-bond donors (Lipinski definition) is 3. The van der Waals surface area contributed by atoms with Crippen molar-refractivity contribution in [3.63, 3.8) is 0 Å². The summed E-state index contributed by atoms with van der Waals surface area (Å²) in [6.07, 6.45) is 5.48. The lowest BCUT2D eigenvalue weighted by molar-refractivity contribution is 0.0964. The first-order valence-corrected chi connectivity index (χ1v) is 13.2. The van der Waals surface area contributed by atoms with Gasteiger partial charge in [-0.2, -0.15) is 10.1 Å². The van der Waals surface area contributed by atoms with E-state index < -0.39 is 0 Å². The molecule has 202 valence electrons. The van der Waals surface area contributed by atoms with E-state index in [1.807, 2.05) is 49.8 Å². The first kappa shape index (κ1) is 26.4. The number of para-hydroxylation sites is 1. The van der Waals surface area contributed by atoms with Gasteiger partial charge in [-0.05, 0) is 34.1 Å². The fourth-order valence-corrected chi connectivity index (χ4v) is 4.67. The number of carbonyl (C=O) groups excluding carboxylic acids is 1. The lowest BCUT2D eigenvalue weighted by Gasteiger charge is -2.31. The Hall–Kier alpha value is -4.16. The van der Waals surface area contributed by atoms with E-state index in [-0.39, 0.29) is 5.91 Å². The fourth-order valence-electron chi connectivity index (χ4n) is 4.38. The zero-order valence-corrected chi connectivity index (χ0v) is 23.4. The number of aryl methyl sites for hydroxylation is 1. The molecule has 11 nitrogen and oxygen atoms in total. The Labute approximate surface area is 234 Å². The Morgan fingerprint density at radius 3 is 2.62 bits per heavy atom. The van der Waals surface area contributed by atoms with Crippen LogP contribution < -0.4 is 25.6 Å². The SMILES string of the molecule is CNC(=O)c1ccccc1Nc1nc(Nc2cc(-c3cnn(C)c3)c(N3CCOCC3)cc2OC)ncc1Br. The Balaban J connectivity index is 1.50. The maximum atomic E-state index is 12.3. The van der Waals surface area contributed by atoms with Gasteiger partial charge in [0, 0.05) is 62.5 Å². The van der Waals surface area contributed by atoms with Crippen molar-refractivity contribution >= 4 is 50.7 Å². The number of nitrogens with zero attached hydrogens (tertiary/aromatic N) is 5. The zero-order valence-electron chi connectivity index (χ0n) is 21.9. The number of hydrogen-bond acceptors (Lipinski definition) is 9. The van der Waals surface area contributed by atoms with E-state index in [1.165, 1.54) is 0 Å². The summed E-state index contributed by atoms with van der Waals surface area (Å²) in [5.41, 5.74) is 4.85. The summed E-state index contributed by atoms with van der Waals surface area (Å²) in [6.45, 7) is 2.90. The highest BCUT2D eigenvalue weighted by molar-refractivity contribution is 9.10. The van der Waals surface area contributed by atoms with Crippen molar-refractivity contribution < 1.29 is 14.3 Å². The standard InChI is InChI=1S/C27H29BrN8O3/c1-29-26(37)18-6-4-5-7-21(18)32-25-20(28)15-30-27(34-25)33-22-12-19(17-14-31-35(2)16-17)23(13-24(22)38-3)36-8-10-39-11-9-36/h4-7,12-16H,8-11H2,1-3H3,(H,29,37)(H2,30,32,33,34). The molecule has 3 heterocycles. The number of methoxy groups -OCH3 is 1. The van der Waals surface area contributed by atoms with Gasteiger partial charge in [0.25, 0.3) is 5.91 Å². The number of anilines is 5. The highest BCUT2D eigenvalue weighted by Gasteiger charge is 2.21. The van der Waals surface area contributed by atoms with Crippen LogP contribution in [0.1, 0.15) is 10.4 Å². The minimum absolute atomic E-state index is 0.199. The van der Waals surface area contributed by atoms with Crippen LogP contribution in [0.25, 0.3) is 11.1 Å². The quantitative estimate of drug-likeness (QED) is 0.274. The number of carbonyl (C=O) groups is 1. The molecule has 1 saturated heterocycles. The Morgan fingerprint density at radius 1 is 1.10 bits per heavy atom. The van der Waals surface area contributed by atoms with E-state index in [2.05, 4.69) is 51.8 Å². The molecule has 3 N–H and O–H groups in total. The topological polar surface area (TPSA) is 118 Å². The largest absolute Gasteiger partial charge is 0.494 e. The van der Waals surface area contributed by atoms with E-state index in [4.69, 9.17) is 9.47 Å². The van der Waals surface area contributed by atoms with E-state index in [9.17, 15) is 4.79 Å². The van der Waals surface area contributed by atoms with Gasteiger partial charge in [-0.3, -0.25) is 9.48 Å². The van der Waals surface area contributed by atoms with Crippen LogP contribution in [-0.2, 0) is 11.8 Å². The summed E-state index contributed by atoms with van der Waals surface area (Å²) in [4.78, 5) is 23.8. The monoisotopic (exact) mass is 592 g/mol. The summed E-state index contributed by atoms with van der Waals surface area (Å²) in [5, 5.41) is 13.6. The third-order valence-corrected chi connectivity index (χ3v) is 6.91. The lowest BCUT2D eigenvalue weighted by Crippen LogP contribution is -2.36. The second-order valence-electron chi connectivity index (χ2n) is 8.84. The molecular weight excluding hydrogens is 564 g/mol. The van der Waals surface area contributed by atoms with Gasteiger partial charge in [0.2, 0.25) is 5.95 Å². The maximum Gasteiger partial charge on any atom is 0.253 e. The summed E-state index contributed by atoms with van der Waals surface area (Å²) < 4.78 is 13.8. The number of halogens is 1. The van der Waals surface area contributed by atoms with Gasteiger partial charge in [0.1, 0.15) is 11.6 Å². The molecule has 0 radical (unpaired) electrons. The number of amides is 1. The van der Waals surface area contributed by atoms with Crippen molar-refractivity contribution in [1.82, 2.24) is 25.1 Å². The zero-order chi connectivity index (χ0) is 27.4. The van der Waals surface area contributed by atoms with Gasteiger partial charge in [-0.1, -0.05) is 12.1 Å². The molecule has 0 saturated carbocycles. The fraction of sp³-hybridized carbons (Fsp3) is 0.259. The highest BCUT2D eigenvalue weighted by atomic mass is 79.9. The molecule has 5 rings (SSSR count). The van der Waals surface area contributed by atoms with E-state index in [1.54, 1.807) is 31.1 Å². The Morgan fingerprint density at radius 2 is 1.90 bits per heavy atom. The van der Waals surface area contributed by atoms with E-state index in [0.29, 0.717) is 52.1 Å². The van der Waals surface area contributed by atoms with Crippen molar-refractivity contribution in [3.8, 4) is 16.9 Å². The first-order chi connectivity index (χ1) is 19.0. The van der Waals surface area contributed by atoms with Crippen LogP contribution in [0.15, 0.2) is 59.5 Å². The number of aromatic nitrogens is 4. The molecular formula is C27H29BrN8O3. The Kier molecular flexibility index (Phi) is 7.94. The van der Waals surface area contributed by atoms with Crippen LogP contribution in [0.5, 0.6) is 5.75 Å². The van der Waals surface area contributed by atoms with Crippen LogP contribution in [0.4, 0.5) is 28.8 Å². The van der Waals surface area contributed by atoms with Gasteiger partial charge in [0.05, 0.1) is 47.9 Å². The number of morpholine rings is 1. The molecule has 2 aromatic heterocycles. The molecule has 0 atom stereocenters. The van der Waals surface area contributed by atoms with Gasteiger partial charge < -0.3 is 30.3 Å². The number of benzene rings is 2. The van der Waals surface area contributed by atoms with E-state index in [0.717, 1.165) is 29.9 Å². The maximum absolute atomic E-state index is 12.3. The van der Waals surface area contributed by atoms with Gasteiger partial charge in [-0.25, -0.2) is 4.98 Å². The van der Waals surface area contributed by atoms with Crippen LogP contribution in [0, 0.1) is 0 Å². The normalized spacial score (nSPS) is 13.2. The predicted molar refractivity (Wildman–Crippen MR) is 154 cm³/mol. The van der Waals surface area contributed by atoms with E-state index >= 15 is 0 Å². The molecule has 2 aromatic carbocycles. The number of rotatable bonds is 8. The van der Waals surface area contributed by atoms with Crippen molar-refractivity contribution in [2.24, 2.45) is 7.05 Å². The van der Waals surface area contributed by atoms with Crippen molar-refractivity contribution in [2.45, 2.75) is 0 Å². The number of nitrogens with one attached hydrogen (secondary N) is 3. The minimum Gasteiger partial charge on any atom is -0.494 e. The van der Waals surface area contributed by atoms with Crippen molar-refractivity contribution in [1.29, 1.82) is 0 Å². The smallest absolute Gasteiger partial charge is 0.253 e. The van der Waals surface area contributed by atoms with Crippen LogP contribution in [0.2, 0.25) is 0 Å². The number of ether oxygens (including phenoxy) is 2. The molecule has 1 amide bonds. The van der Waals surface area contributed by atoms with Gasteiger partial charge in [-0.15, -0.1) is 0 Å². The molecule has 0 bridgehead atoms. The summed E-state index contributed by atoms with van der Waals surface area (Å²) in [7, 11) is 5.13. The summed E-state index contributed by atoms with van der Waals surface area (Å²) in [5.74, 6) is 1.30. The second-order valence-corrected chi connectivity index (χ2v) is 9.69. The van der Waals surface area contributed by atoms with Crippen LogP contribution >= 0.6 is 15.9 Å². The lowest BCUT2D eigenvalue weighted by atomic mass is 10.0. The first-order valence-electron chi connectivity index (χ1n) is 12.4. The molecule has 1 fully saturated rings. The van der Waals surface area contributed by atoms with Crippen molar-refractivity contribution in [2.75, 3.05) is 56.0 Å². The Bertz CT molecular complexity index is 1490. The molecule has 0 spiro atoms. The minimum atomic E-state index is -0.199. The molecule has 0 aliphatic carbocycles. The molecule has 12 heteroatoms.